The molecule has 4 rings (SSSR count). The van der Waals surface area contributed by atoms with E-state index in [1.165, 1.54) is 58.7 Å². The SMILES string of the molecule is [Cl-].[Cl-].[Pd+2].c1ccc(PCCCPc2ccccc2)cc1.c1ccc(PCCCPc2ccccc2)cc1. The molecule has 0 radical (unpaired) electrons. The van der Waals surface area contributed by atoms with Gasteiger partial charge in [-0.2, -0.15) is 0 Å². The van der Waals surface area contributed by atoms with Crippen molar-refractivity contribution >= 4 is 55.5 Å². The van der Waals surface area contributed by atoms with Gasteiger partial charge >= 0.3 is 20.4 Å². The molecular weight excluding hydrogens is 662 g/mol. The Bertz CT molecular complexity index is 843. The van der Waals surface area contributed by atoms with Gasteiger partial charge in [0.05, 0.1) is 0 Å². The van der Waals surface area contributed by atoms with Crippen LogP contribution in [0.1, 0.15) is 12.8 Å². The van der Waals surface area contributed by atoms with Gasteiger partial charge in [-0.1, -0.05) is 156 Å². The van der Waals surface area contributed by atoms with Gasteiger partial charge in [-0.05, 0) is 58.7 Å². The first-order valence-corrected chi connectivity index (χ1v) is 16.9. The summed E-state index contributed by atoms with van der Waals surface area (Å²) < 4.78 is 0. The van der Waals surface area contributed by atoms with E-state index in [0.717, 1.165) is 34.3 Å². The van der Waals surface area contributed by atoms with Crippen LogP contribution in [0.5, 0.6) is 0 Å². The Labute approximate surface area is 258 Å². The molecule has 0 aliphatic heterocycles. The van der Waals surface area contributed by atoms with E-state index in [2.05, 4.69) is 121 Å². The number of halogens is 2. The van der Waals surface area contributed by atoms with Crippen LogP contribution in [0.4, 0.5) is 0 Å². The van der Waals surface area contributed by atoms with Gasteiger partial charge in [0.25, 0.3) is 0 Å². The van der Waals surface area contributed by atoms with Crippen LogP contribution in [0.3, 0.4) is 0 Å². The molecule has 0 fully saturated rings. The van der Waals surface area contributed by atoms with E-state index >= 15 is 0 Å². The van der Waals surface area contributed by atoms with Crippen molar-refractivity contribution < 1.29 is 45.2 Å². The second-order valence-corrected chi connectivity index (χ2v) is 13.6. The maximum Gasteiger partial charge on any atom is 2.00 e. The van der Waals surface area contributed by atoms with E-state index in [0.29, 0.717) is 0 Å². The van der Waals surface area contributed by atoms with Crippen molar-refractivity contribution in [2.45, 2.75) is 12.8 Å². The topological polar surface area (TPSA) is 0 Å². The van der Waals surface area contributed by atoms with Crippen LogP contribution in [0.2, 0.25) is 0 Å². The third-order valence-corrected chi connectivity index (χ3v) is 10.5. The Morgan fingerprint density at radius 2 is 0.514 bits per heavy atom. The summed E-state index contributed by atoms with van der Waals surface area (Å²) in [6.45, 7) is 0. The van der Waals surface area contributed by atoms with E-state index in [1.807, 2.05) is 0 Å². The van der Waals surface area contributed by atoms with Gasteiger partial charge in [-0.3, -0.25) is 0 Å². The summed E-state index contributed by atoms with van der Waals surface area (Å²) in [5, 5.41) is 5.98. The first kappa shape index (κ1) is 36.8. The van der Waals surface area contributed by atoms with Gasteiger partial charge in [-0.25, -0.2) is 0 Å². The van der Waals surface area contributed by atoms with Crippen LogP contribution < -0.4 is 46.0 Å². The number of hydrogen-bond donors (Lipinski definition) is 0. The van der Waals surface area contributed by atoms with Crippen molar-refractivity contribution in [3.63, 3.8) is 0 Å². The summed E-state index contributed by atoms with van der Waals surface area (Å²) in [5.74, 6) is 0. The van der Waals surface area contributed by atoms with Crippen molar-refractivity contribution in [3.8, 4) is 0 Å². The van der Waals surface area contributed by atoms with E-state index in [4.69, 9.17) is 0 Å². The summed E-state index contributed by atoms with van der Waals surface area (Å²) in [7, 11) is 3.91. The first-order chi connectivity index (χ1) is 16.9. The molecule has 0 spiro atoms. The van der Waals surface area contributed by atoms with Crippen molar-refractivity contribution in [2.75, 3.05) is 24.6 Å². The van der Waals surface area contributed by atoms with Crippen molar-refractivity contribution in [1.82, 2.24) is 0 Å². The fourth-order valence-corrected chi connectivity index (χ4v) is 8.32. The van der Waals surface area contributed by atoms with Gasteiger partial charge in [-0.15, -0.1) is 0 Å². The Balaban J connectivity index is 0.000000648. The molecule has 0 saturated carbocycles. The molecule has 0 heterocycles. The summed E-state index contributed by atoms with van der Waals surface area (Å²) >= 11 is 0. The van der Waals surface area contributed by atoms with Crippen molar-refractivity contribution in [2.24, 2.45) is 0 Å². The van der Waals surface area contributed by atoms with E-state index in [-0.39, 0.29) is 45.2 Å². The van der Waals surface area contributed by atoms with E-state index < -0.39 is 0 Å². The second kappa shape index (κ2) is 24.9. The van der Waals surface area contributed by atoms with E-state index in [1.54, 1.807) is 0 Å². The predicted molar refractivity (Wildman–Crippen MR) is 166 cm³/mol. The van der Waals surface area contributed by atoms with Crippen molar-refractivity contribution in [3.05, 3.63) is 121 Å². The molecule has 0 aromatic heterocycles. The number of rotatable bonds is 12. The van der Waals surface area contributed by atoms with Crippen LogP contribution in [0.25, 0.3) is 0 Å². The van der Waals surface area contributed by atoms with Crippen LogP contribution >= 0.6 is 34.3 Å². The predicted octanol–water partition coefficient (Wildman–Crippen LogP) is 0.775. The van der Waals surface area contributed by atoms with E-state index in [9.17, 15) is 0 Å². The zero-order chi connectivity index (χ0) is 23.5. The Kier molecular flexibility index (Phi) is 24.7. The maximum atomic E-state index is 2.23. The average molecular weight is 698 g/mol. The molecule has 4 aromatic carbocycles. The number of hydrogen-bond acceptors (Lipinski definition) is 0. The first-order valence-electron chi connectivity index (χ1n) is 12.1. The molecule has 7 heteroatoms. The Morgan fingerprint density at radius 3 is 0.703 bits per heavy atom. The molecule has 4 unspecified atom stereocenters. The fourth-order valence-electron chi connectivity index (χ4n) is 3.33. The zero-order valence-electron chi connectivity index (χ0n) is 20.9. The van der Waals surface area contributed by atoms with Gasteiger partial charge in [0, 0.05) is 0 Å². The minimum Gasteiger partial charge on any atom is -1.00 e. The molecule has 4 aromatic rings. The number of benzene rings is 4. The molecule has 0 saturated heterocycles. The molecule has 37 heavy (non-hydrogen) atoms. The molecule has 0 aliphatic carbocycles. The molecule has 0 amide bonds. The monoisotopic (exact) mass is 696 g/mol. The molecule has 4 atom stereocenters. The molecular formula is C30H36Cl2P4Pd. The summed E-state index contributed by atoms with van der Waals surface area (Å²) in [4.78, 5) is 0. The quantitative estimate of drug-likeness (QED) is 0.117. The van der Waals surface area contributed by atoms with Crippen molar-refractivity contribution in [1.29, 1.82) is 0 Å². The summed E-state index contributed by atoms with van der Waals surface area (Å²) in [6, 6.07) is 43.3. The Morgan fingerprint density at radius 1 is 0.324 bits per heavy atom. The smallest absolute Gasteiger partial charge is 1.00 e. The summed E-state index contributed by atoms with van der Waals surface area (Å²) in [5.41, 5.74) is 0. The normalized spacial score (nSPS) is 10.8. The van der Waals surface area contributed by atoms with Gasteiger partial charge in [0.2, 0.25) is 0 Å². The summed E-state index contributed by atoms with van der Waals surface area (Å²) in [6.07, 6.45) is 8.04. The Hall–Kier alpha value is -0.158. The zero-order valence-corrected chi connectivity index (χ0v) is 27.9. The third kappa shape index (κ3) is 17.9. The van der Waals surface area contributed by atoms with Crippen LogP contribution in [0.15, 0.2) is 121 Å². The molecule has 200 valence electrons. The van der Waals surface area contributed by atoms with Crippen LogP contribution in [-0.2, 0) is 20.4 Å². The standard InChI is InChI=1S/2C15H18P2.2ClH.Pd/c2*1-3-8-14(9-4-1)16-12-7-13-17-15-10-5-2-6-11-15;;;/h2*1-6,8-11,16-17H,7,12-13H2;2*1H;/q;;;;+2/p-2. The molecule has 0 aliphatic rings. The maximum absolute atomic E-state index is 2.23. The molecule has 0 bridgehead atoms. The second-order valence-electron chi connectivity index (χ2n) is 7.88. The van der Waals surface area contributed by atoms with Gasteiger partial charge < -0.3 is 24.8 Å². The minimum atomic E-state index is 0. The van der Waals surface area contributed by atoms with Gasteiger partial charge in [0.15, 0.2) is 0 Å². The molecule has 0 N–H and O–H groups in total. The minimum absolute atomic E-state index is 0. The van der Waals surface area contributed by atoms with Crippen LogP contribution in [-0.4, -0.2) is 24.6 Å². The van der Waals surface area contributed by atoms with Crippen LogP contribution in [0, 0.1) is 0 Å². The van der Waals surface area contributed by atoms with Gasteiger partial charge in [0.1, 0.15) is 0 Å². The largest absolute Gasteiger partial charge is 2.00 e. The fraction of sp³-hybridized carbons (Fsp3) is 0.200. The average Bonchev–Trinajstić information content (AvgIpc) is 2.91. The molecule has 0 nitrogen and oxygen atoms in total. The third-order valence-electron chi connectivity index (χ3n) is 5.12.